The van der Waals surface area contributed by atoms with E-state index in [1.165, 1.54) is 12.3 Å². The highest BCUT2D eigenvalue weighted by molar-refractivity contribution is 14.1. The Hall–Kier alpha value is -0.920. The van der Waals surface area contributed by atoms with Crippen molar-refractivity contribution in [1.29, 1.82) is 0 Å². The molecule has 5 nitrogen and oxygen atoms in total. The van der Waals surface area contributed by atoms with Crippen molar-refractivity contribution in [1.82, 2.24) is 0 Å². The van der Waals surface area contributed by atoms with E-state index in [-0.39, 0.29) is 5.69 Å². The van der Waals surface area contributed by atoms with Crippen LogP contribution in [0.25, 0.3) is 0 Å². The normalized spacial score (nSPS) is 9.83. The molecule has 0 aliphatic carbocycles. The van der Waals surface area contributed by atoms with Crippen LogP contribution in [-0.2, 0) is 0 Å². The molecular formula is C6H6IN2O3+. The molecule has 64 valence electrons. The fourth-order valence-electron chi connectivity index (χ4n) is 0.801. The molecule has 12 heavy (non-hydrogen) atoms. The lowest BCUT2D eigenvalue weighted by Gasteiger charge is -1.93. The van der Waals surface area contributed by atoms with Gasteiger partial charge in [-0.3, -0.25) is 15.3 Å². The number of hydrogen-bond acceptors (Lipinski definition) is 3. The fraction of sp³-hybridized carbons (Fsp3) is 0.167. The molecule has 0 unspecified atom stereocenters. The van der Waals surface area contributed by atoms with Crippen molar-refractivity contribution >= 4 is 28.3 Å². The van der Waals surface area contributed by atoms with E-state index in [4.69, 9.17) is 5.21 Å². The third-order valence-electron chi connectivity index (χ3n) is 1.39. The summed E-state index contributed by atoms with van der Waals surface area (Å²) in [6.45, 7) is 1.57. The second kappa shape index (κ2) is 3.21. The molecule has 0 aliphatic rings. The van der Waals surface area contributed by atoms with Crippen LogP contribution in [0.1, 0.15) is 5.56 Å². The first-order valence-electron chi connectivity index (χ1n) is 3.08. The Kier molecular flexibility index (Phi) is 2.46. The molecule has 0 amide bonds. The van der Waals surface area contributed by atoms with Crippen molar-refractivity contribution in [2.24, 2.45) is 0 Å². The van der Waals surface area contributed by atoms with Gasteiger partial charge in [0.1, 0.15) is 0 Å². The maximum Gasteiger partial charge on any atom is 0.298 e. The summed E-state index contributed by atoms with van der Waals surface area (Å²) in [7, 11) is 0. The summed E-state index contributed by atoms with van der Waals surface area (Å²) in [5.74, 6) is 0. The molecule has 0 spiro atoms. The van der Waals surface area contributed by atoms with Crippen molar-refractivity contribution in [3.05, 3.63) is 31.6 Å². The van der Waals surface area contributed by atoms with E-state index < -0.39 is 4.92 Å². The number of aryl methyl sites for hydroxylation is 1. The Morgan fingerprint density at radius 3 is 2.83 bits per heavy atom. The molecule has 0 fully saturated rings. The first-order chi connectivity index (χ1) is 5.52. The molecular weight excluding hydrogens is 275 g/mol. The fourth-order valence-corrected chi connectivity index (χ4v) is 1.23. The van der Waals surface area contributed by atoms with E-state index in [1.807, 2.05) is 22.6 Å². The number of rotatable bonds is 1. The minimum atomic E-state index is -0.475. The van der Waals surface area contributed by atoms with Crippen molar-refractivity contribution in [2.75, 3.05) is 0 Å². The highest BCUT2D eigenvalue weighted by atomic mass is 127. The molecule has 0 bridgehead atoms. The summed E-state index contributed by atoms with van der Waals surface area (Å²) < 4.78 is 1.26. The highest BCUT2D eigenvalue weighted by Gasteiger charge is 2.19. The van der Waals surface area contributed by atoms with Gasteiger partial charge in [0.25, 0.3) is 9.39 Å². The average Bonchev–Trinajstić information content (AvgIpc) is 1.96. The van der Waals surface area contributed by atoms with Crippen LogP contribution < -0.4 is 4.73 Å². The highest BCUT2D eigenvalue weighted by Crippen LogP contribution is 2.16. The van der Waals surface area contributed by atoms with E-state index in [0.29, 0.717) is 9.26 Å². The van der Waals surface area contributed by atoms with Gasteiger partial charge in [-0.1, -0.05) is 0 Å². The maximum atomic E-state index is 10.4. The van der Waals surface area contributed by atoms with Gasteiger partial charge < -0.3 is 0 Å². The Labute approximate surface area is 81.9 Å². The number of pyridine rings is 1. The molecule has 1 N–H and O–H groups in total. The molecule has 0 saturated carbocycles. The standard InChI is InChI=1S/C6H6IN2O3/c1-4-3-8(10)6(7)2-5(4)9(11)12/h2-3,10H,1H3/q+1. The molecule has 0 aliphatic heterocycles. The summed E-state index contributed by atoms with van der Waals surface area (Å²) >= 11 is 1.81. The molecule has 0 radical (unpaired) electrons. The zero-order valence-corrected chi connectivity index (χ0v) is 8.35. The average molecular weight is 281 g/mol. The Morgan fingerprint density at radius 2 is 2.33 bits per heavy atom. The number of nitrogens with zero attached hydrogens (tertiary/aromatic N) is 2. The number of halogens is 1. The van der Waals surface area contributed by atoms with Crippen molar-refractivity contribution in [3.8, 4) is 0 Å². The molecule has 1 aromatic rings. The quantitative estimate of drug-likeness (QED) is 0.209. The lowest BCUT2D eigenvalue weighted by Crippen LogP contribution is -2.34. The van der Waals surface area contributed by atoms with Gasteiger partial charge in [0.2, 0.25) is 6.20 Å². The van der Waals surface area contributed by atoms with Crippen LogP contribution in [0.3, 0.4) is 0 Å². The Balaban J connectivity index is 3.33. The molecule has 0 aromatic carbocycles. The molecule has 1 rings (SSSR count). The number of nitro groups is 1. The van der Waals surface area contributed by atoms with Gasteiger partial charge in [0.15, 0.2) is 0 Å². The number of aromatic nitrogens is 1. The van der Waals surface area contributed by atoms with Gasteiger partial charge in [-0.05, 0) is 6.92 Å². The van der Waals surface area contributed by atoms with Gasteiger partial charge >= 0.3 is 0 Å². The third kappa shape index (κ3) is 1.63. The van der Waals surface area contributed by atoms with Crippen molar-refractivity contribution in [3.63, 3.8) is 0 Å². The van der Waals surface area contributed by atoms with Gasteiger partial charge in [-0.15, -0.1) is 0 Å². The smallest absolute Gasteiger partial charge is 0.284 e. The summed E-state index contributed by atoms with van der Waals surface area (Å²) in [6.07, 6.45) is 1.31. The van der Waals surface area contributed by atoms with Crippen LogP contribution in [0.5, 0.6) is 0 Å². The van der Waals surface area contributed by atoms with E-state index in [2.05, 4.69) is 0 Å². The maximum absolute atomic E-state index is 10.4. The SMILES string of the molecule is Cc1c[n+](O)c(I)cc1[N+](=O)[O-]. The van der Waals surface area contributed by atoms with Crippen LogP contribution in [0.4, 0.5) is 5.69 Å². The van der Waals surface area contributed by atoms with E-state index in [9.17, 15) is 10.1 Å². The van der Waals surface area contributed by atoms with Gasteiger partial charge in [0.05, 0.1) is 16.6 Å². The first-order valence-corrected chi connectivity index (χ1v) is 4.15. The van der Waals surface area contributed by atoms with E-state index >= 15 is 0 Å². The first kappa shape index (κ1) is 9.17. The van der Waals surface area contributed by atoms with Gasteiger partial charge in [0, 0.05) is 27.3 Å². The molecule has 6 heteroatoms. The summed E-state index contributed by atoms with van der Waals surface area (Å²) in [5, 5.41) is 19.5. The lowest BCUT2D eigenvalue weighted by molar-refractivity contribution is -0.914. The second-order valence-electron chi connectivity index (χ2n) is 2.27. The van der Waals surface area contributed by atoms with E-state index in [1.54, 1.807) is 6.92 Å². The van der Waals surface area contributed by atoms with Gasteiger partial charge in [-0.25, -0.2) is 0 Å². The predicted molar refractivity (Wildman–Crippen MR) is 47.9 cm³/mol. The van der Waals surface area contributed by atoms with E-state index in [0.717, 1.165) is 4.73 Å². The monoisotopic (exact) mass is 281 g/mol. The summed E-state index contributed by atoms with van der Waals surface area (Å²) in [4.78, 5) is 9.92. The van der Waals surface area contributed by atoms with Crippen molar-refractivity contribution in [2.45, 2.75) is 6.92 Å². The zero-order chi connectivity index (χ0) is 9.30. The number of hydrogen-bond donors (Lipinski definition) is 1. The summed E-state index contributed by atoms with van der Waals surface area (Å²) in [5.41, 5.74) is 0.451. The Bertz CT molecular complexity index is 340. The van der Waals surface area contributed by atoms with Crippen molar-refractivity contribution < 1.29 is 14.9 Å². The van der Waals surface area contributed by atoms with Crippen LogP contribution in [-0.4, -0.2) is 10.1 Å². The largest absolute Gasteiger partial charge is 0.298 e. The minimum absolute atomic E-state index is 0.0182. The Morgan fingerprint density at radius 1 is 1.75 bits per heavy atom. The third-order valence-corrected chi connectivity index (χ3v) is 2.20. The van der Waals surface area contributed by atoms with Crippen LogP contribution in [0.2, 0.25) is 0 Å². The lowest BCUT2D eigenvalue weighted by atomic mass is 10.3. The molecule has 0 saturated heterocycles. The summed E-state index contributed by atoms with van der Waals surface area (Å²) in [6, 6.07) is 1.32. The molecule has 1 aromatic heterocycles. The zero-order valence-electron chi connectivity index (χ0n) is 6.19. The van der Waals surface area contributed by atoms with Crippen LogP contribution >= 0.6 is 22.6 Å². The van der Waals surface area contributed by atoms with Crippen LogP contribution in [0, 0.1) is 20.7 Å². The molecule has 1 heterocycles. The predicted octanol–water partition coefficient (Wildman–Crippen LogP) is 1.03. The topological polar surface area (TPSA) is 67.2 Å². The minimum Gasteiger partial charge on any atom is -0.284 e. The molecule has 0 atom stereocenters. The second-order valence-corrected chi connectivity index (χ2v) is 3.37. The van der Waals surface area contributed by atoms with Crippen LogP contribution in [0.15, 0.2) is 12.3 Å². The van der Waals surface area contributed by atoms with Gasteiger partial charge in [-0.2, -0.15) is 0 Å².